The summed E-state index contributed by atoms with van der Waals surface area (Å²) < 4.78 is 0. The van der Waals surface area contributed by atoms with E-state index < -0.39 is 0 Å². The molecule has 20 heavy (non-hydrogen) atoms. The highest BCUT2D eigenvalue weighted by Gasteiger charge is 2.21. The topological polar surface area (TPSA) is 32.3 Å². The van der Waals surface area contributed by atoms with Crippen LogP contribution in [0.2, 0.25) is 0 Å². The summed E-state index contributed by atoms with van der Waals surface area (Å²) in [5, 5.41) is 5.48. The van der Waals surface area contributed by atoms with Crippen molar-refractivity contribution in [3.8, 4) is 0 Å². The average Bonchev–Trinajstić information content (AvgIpc) is 3.13. The summed E-state index contributed by atoms with van der Waals surface area (Å²) >= 11 is 1.82. The van der Waals surface area contributed by atoms with E-state index in [-0.39, 0.29) is 5.91 Å². The van der Waals surface area contributed by atoms with Gasteiger partial charge in [0, 0.05) is 18.0 Å². The van der Waals surface area contributed by atoms with Crippen LogP contribution >= 0.6 is 11.3 Å². The second-order valence-electron chi connectivity index (χ2n) is 6.05. The third-order valence-electron chi connectivity index (χ3n) is 4.64. The van der Waals surface area contributed by atoms with Gasteiger partial charge in [0.15, 0.2) is 0 Å². The Balaban J connectivity index is 1.37. The van der Waals surface area contributed by atoms with Gasteiger partial charge < -0.3 is 10.2 Å². The van der Waals surface area contributed by atoms with Crippen LogP contribution in [0.5, 0.6) is 0 Å². The number of nitrogens with zero attached hydrogens (tertiary/aromatic N) is 1. The van der Waals surface area contributed by atoms with Crippen molar-refractivity contribution in [3.05, 3.63) is 21.9 Å². The molecule has 110 valence electrons. The van der Waals surface area contributed by atoms with Gasteiger partial charge in [0.25, 0.3) is 0 Å². The molecule has 3 rings (SSSR count). The molecule has 1 fully saturated rings. The molecule has 1 aliphatic heterocycles. The van der Waals surface area contributed by atoms with E-state index in [1.165, 1.54) is 42.5 Å². The molecule has 1 N–H and O–H groups in total. The minimum atomic E-state index is 0.258. The number of fused-ring (bicyclic) bond motifs is 1. The Hall–Kier alpha value is -0.870. The van der Waals surface area contributed by atoms with Crippen molar-refractivity contribution in [1.29, 1.82) is 0 Å². The van der Waals surface area contributed by atoms with Crippen molar-refractivity contribution >= 4 is 17.2 Å². The van der Waals surface area contributed by atoms with Gasteiger partial charge in [-0.1, -0.05) is 25.7 Å². The van der Waals surface area contributed by atoms with Gasteiger partial charge in [0.1, 0.15) is 0 Å². The van der Waals surface area contributed by atoms with Crippen LogP contribution in [-0.4, -0.2) is 30.4 Å². The first-order chi connectivity index (χ1) is 9.83. The molecule has 1 amide bonds. The molecule has 0 aromatic carbocycles. The lowest BCUT2D eigenvalue weighted by molar-refractivity contribution is -0.131. The zero-order valence-corrected chi connectivity index (χ0v) is 12.9. The first-order valence-corrected chi connectivity index (χ1v) is 8.74. The Labute approximate surface area is 125 Å². The Bertz CT molecular complexity index is 451. The maximum Gasteiger partial charge on any atom is 0.236 e. The van der Waals surface area contributed by atoms with Crippen LogP contribution in [0.3, 0.4) is 0 Å². The second-order valence-corrected chi connectivity index (χ2v) is 7.05. The van der Waals surface area contributed by atoms with Gasteiger partial charge in [-0.2, -0.15) is 0 Å². The van der Waals surface area contributed by atoms with E-state index in [1.807, 2.05) is 16.2 Å². The molecular weight excluding hydrogens is 268 g/mol. The summed E-state index contributed by atoms with van der Waals surface area (Å²) in [4.78, 5) is 15.7. The molecule has 1 saturated carbocycles. The summed E-state index contributed by atoms with van der Waals surface area (Å²) in [6, 6.07) is 2.16. The quantitative estimate of drug-likeness (QED) is 0.846. The molecule has 0 unspecified atom stereocenters. The molecule has 1 aromatic heterocycles. The molecule has 0 radical (unpaired) electrons. The standard InChI is InChI=1S/C16H24N2OS/c19-16(11-17-8-5-13-3-1-2-4-13)18-9-6-15-14(12-18)7-10-20-15/h7,10,13,17H,1-6,8-9,11-12H2. The number of amides is 1. The molecule has 1 aliphatic carbocycles. The third kappa shape index (κ3) is 3.41. The Morgan fingerprint density at radius 3 is 3.10 bits per heavy atom. The van der Waals surface area contributed by atoms with Gasteiger partial charge in [0.2, 0.25) is 5.91 Å². The first-order valence-electron chi connectivity index (χ1n) is 7.86. The normalized spacial score (nSPS) is 19.3. The van der Waals surface area contributed by atoms with Crippen molar-refractivity contribution in [1.82, 2.24) is 10.2 Å². The lowest BCUT2D eigenvalue weighted by Crippen LogP contribution is -2.41. The number of thiophene rings is 1. The minimum Gasteiger partial charge on any atom is -0.337 e. The SMILES string of the molecule is O=C(CNCCC1CCCC1)N1CCc2sccc2C1. The van der Waals surface area contributed by atoms with E-state index in [0.717, 1.165) is 32.0 Å². The molecule has 0 saturated heterocycles. The summed E-state index contributed by atoms with van der Waals surface area (Å²) in [5.74, 6) is 1.16. The van der Waals surface area contributed by atoms with Gasteiger partial charge in [-0.05, 0) is 42.3 Å². The van der Waals surface area contributed by atoms with Crippen LogP contribution < -0.4 is 5.32 Å². The molecular formula is C16H24N2OS. The number of carbonyl (C=O) groups is 1. The number of nitrogens with one attached hydrogen (secondary N) is 1. The van der Waals surface area contributed by atoms with Crippen LogP contribution in [0.25, 0.3) is 0 Å². The fraction of sp³-hybridized carbons (Fsp3) is 0.688. The smallest absolute Gasteiger partial charge is 0.236 e. The molecule has 0 bridgehead atoms. The third-order valence-corrected chi connectivity index (χ3v) is 5.66. The number of carbonyl (C=O) groups excluding carboxylic acids is 1. The fourth-order valence-corrected chi connectivity index (χ4v) is 4.26. The maximum atomic E-state index is 12.2. The minimum absolute atomic E-state index is 0.258. The van der Waals surface area contributed by atoms with Crippen molar-refractivity contribution in [2.75, 3.05) is 19.6 Å². The van der Waals surface area contributed by atoms with Crippen LogP contribution in [0, 0.1) is 5.92 Å². The zero-order valence-electron chi connectivity index (χ0n) is 12.1. The van der Waals surface area contributed by atoms with E-state index in [2.05, 4.69) is 16.8 Å². The largest absolute Gasteiger partial charge is 0.337 e. The summed E-state index contributed by atoms with van der Waals surface area (Å²) in [7, 11) is 0. The van der Waals surface area contributed by atoms with Crippen LogP contribution in [0.15, 0.2) is 11.4 Å². The number of rotatable bonds is 5. The highest BCUT2D eigenvalue weighted by atomic mass is 32.1. The van der Waals surface area contributed by atoms with Gasteiger partial charge in [-0.15, -0.1) is 11.3 Å². The number of hydrogen-bond donors (Lipinski definition) is 1. The predicted octanol–water partition coefficient (Wildman–Crippen LogP) is 2.80. The molecule has 0 atom stereocenters. The highest BCUT2D eigenvalue weighted by molar-refractivity contribution is 7.10. The van der Waals surface area contributed by atoms with Crippen molar-refractivity contribution < 1.29 is 4.79 Å². The summed E-state index contributed by atoms with van der Waals surface area (Å²) in [6.45, 7) is 3.19. The van der Waals surface area contributed by atoms with Gasteiger partial charge in [-0.3, -0.25) is 4.79 Å². The van der Waals surface area contributed by atoms with Crippen LogP contribution in [0.4, 0.5) is 0 Å². The maximum absolute atomic E-state index is 12.2. The Kier molecular flexibility index (Phi) is 4.73. The van der Waals surface area contributed by atoms with Crippen LogP contribution in [0.1, 0.15) is 42.5 Å². The van der Waals surface area contributed by atoms with Crippen molar-refractivity contribution in [3.63, 3.8) is 0 Å². The van der Waals surface area contributed by atoms with Gasteiger partial charge in [0.05, 0.1) is 6.54 Å². The summed E-state index contributed by atoms with van der Waals surface area (Å²) in [6.07, 6.45) is 7.86. The summed E-state index contributed by atoms with van der Waals surface area (Å²) in [5.41, 5.74) is 1.35. The van der Waals surface area contributed by atoms with Crippen LogP contribution in [-0.2, 0) is 17.8 Å². The van der Waals surface area contributed by atoms with Gasteiger partial charge in [-0.25, -0.2) is 0 Å². The molecule has 2 heterocycles. The highest BCUT2D eigenvalue weighted by Crippen LogP contribution is 2.27. The zero-order chi connectivity index (χ0) is 13.8. The molecule has 1 aromatic rings. The fourth-order valence-electron chi connectivity index (χ4n) is 3.37. The Morgan fingerprint density at radius 1 is 1.40 bits per heavy atom. The second kappa shape index (κ2) is 6.72. The molecule has 4 heteroatoms. The van der Waals surface area contributed by atoms with E-state index in [9.17, 15) is 4.79 Å². The van der Waals surface area contributed by atoms with E-state index in [4.69, 9.17) is 0 Å². The monoisotopic (exact) mass is 292 g/mol. The predicted molar refractivity (Wildman–Crippen MR) is 82.9 cm³/mol. The lowest BCUT2D eigenvalue weighted by atomic mass is 10.0. The average molecular weight is 292 g/mol. The Morgan fingerprint density at radius 2 is 2.25 bits per heavy atom. The lowest BCUT2D eigenvalue weighted by Gasteiger charge is -2.27. The van der Waals surface area contributed by atoms with E-state index >= 15 is 0 Å². The number of hydrogen-bond acceptors (Lipinski definition) is 3. The molecule has 3 nitrogen and oxygen atoms in total. The molecule has 2 aliphatic rings. The van der Waals surface area contributed by atoms with E-state index in [0.29, 0.717) is 6.54 Å². The first kappa shape index (κ1) is 14.1. The van der Waals surface area contributed by atoms with Crippen molar-refractivity contribution in [2.24, 2.45) is 5.92 Å². The molecule has 0 spiro atoms. The van der Waals surface area contributed by atoms with E-state index in [1.54, 1.807) is 0 Å². The van der Waals surface area contributed by atoms with Crippen molar-refractivity contribution in [2.45, 2.75) is 45.1 Å². The van der Waals surface area contributed by atoms with Gasteiger partial charge >= 0.3 is 0 Å².